The number of rotatable bonds is 1. The molecule has 18 heavy (non-hydrogen) atoms. The highest BCUT2D eigenvalue weighted by atomic mass is 32.1. The monoisotopic (exact) mass is 265 g/mol. The van der Waals surface area contributed by atoms with Crippen LogP contribution in [0, 0.1) is 0 Å². The molecule has 3 rings (SSSR count). The Morgan fingerprint density at radius 2 is 2.22 bits per heavy atom. The van der Waals surface area contributed by atoms with Crippen LogP contribution in [0.25, 0.3) is 0 Å². The number of amides is 1. The summed E-state index contributed by atoms with van der Waals surface area (Å²) in [5, 5.41) is 3.65. The van der Waals surface area contributed by atoms with E-state index in [0.29, 0.717) is 18.7 Å². The van der Waals surface area contributed by atoms with Crippen molar-refractivity contribution in [1.82, 2.24) is 10.3 Å². The maximum absolute atomic E-state index is 11.8. The van der Waals surface area contributed by atoms with Crippen LogP contribution in [0.2, 0.25) is 0 Å². The van der Waals surface area contributed by atoms with Crippen molar-refractivity contribution in [2.45, 2.75) is 32.2 Å². The Hall–Kier alpha value is -1.43. The van der Waals surface area contributed by atoms with Gasteiger partial charge in [0.05, 0.1) is 0 Å². The zero-order chi connectivity index (χ0) is 12.7. The van der Waals surface area contributed by atoms with Gasteiger partial charge >= 0.3 is 0 Å². The lowest BCUT2D eigenvalue weighted by atomic mass is 10.0. The molecule has 5 nitrogen and oxygen atoms in total. The Labute approximate surface area is 109 Å². The first-order valence-electron chi connectivity index (χ1n) is 6.24. The lowest BCUT2D eigenvalue weighted by molar-refractivity contribution is -0.122. The molecule has 0 bridgehead atoms. The van der Waals surface area contributed by atoms with Crippen molar-refractivity contribution in [3.63, 3.8) is 0 Å². The second-order valence-corrected chi connectivity index (χ2v) is 5.77. The van der Waals surface area contributed by atoms with E-state index in [4.69, 9.17) is 0 Å². The standard InChI is InChI=1S/C12H15N3O2S/c1-7-11(17)13-5-6-15(7)12-14-10-8(16)3-2-4-9(10)18-12/h7H,2-6H2,1H3,(H,13,17). The number of ketones is 1. The first-order valence-corrected chi connectivity index (χ1v) is 7.05. The lowest BCUT2D eigenvalue weighted by Crippen LogP contribution is -2.54. The van der Waals surface area contributed by atoms with Gasteiger partial charge in [-0.15, -0.1) is 11.3 Å². The summed E-state index contributed by atoms with van der Waals surface area (Å²) in [4.78, 5) is 30.9. The van der Waals surface area contributed by atoms with Crippen LogP contribution in [0.4, 0.5) is 5.13 Å². The van der Waals surface area contributed by atoms with Gasteiger partial charge in [0.1, 0.15) is 11.7 Å². The van der Waals surface area contributed by atoms with Crippen molar-refractivity contribution in [2.75, 3.05) is 18.0 Å². The highest BCUT2D eigenvalue weighted by molar-refractivity contribution is 7.16. The highest BCUT2D eigenvalue weighted by Gasteiger charge is 2.30. The van der Waals surface area contributed by atoms with Crippen molar-refractivity contribution in [3.05, 3.63) is 10.6 Å². The molecular formula is C12H15N3O2S. The van der Waals surface area contributed by atoms with Gasteiger partial charge in [-0.3, -0.25) is 9.59 Å². The predicted octanol–water partition coefficient (Wildman–Crippen LogP) is 0.987. The Bertz CT molecular complexity index is 511. The number of nitrogens with zero attached hydrogens (tertiary/aromatic N) is 2. The van der Waals surface area contributed by atoms with Gasteiger partial charge in [0.25, 0.3) is 0 Å². The van der Waals surface area contributed by atoms with Crippen LogP contribution in [-0.2, 0) is 11.2 Å². The van der Waals surface area contributed by atoms with Crippen LogP contribution in [0.15, 0.2) is 0 Å². The molecular weight excluding hydrogens is 250 g/mol. The van der Waals surface area contributed by atoms with Gasteiger partial charge in [-0.1, -0.05) is 0 Å². The molecule has 0 spiro atoms. The molecule has 1 aliphatic heterocycles. The number of aromatic nitrogens is 1. The van der Waals surface area contributed by atoms with Gasteiger partial charge in [-0.2, -0.15) is 0 Å². The van der Waals surface area contributed by atoms with Crippen LogP contribution in [0.1, 0.15) is 35.1 Å². The van der Waals surface area contributed by atoms with E-state index >= 15 is 0 Å². The average Bonchev–Trinajstić information content (AvgIpc) is 2.78. The summed E-state index contributed by atoms with van der Waals surface area (Å²) in [6, 6.07) is -0.207. The molecule has 1 amide bonds. The minimum Gasteiger partial charge on any atom is -0.353 e. The van der Waals surface area contributed by atoms with E-state index in [2.05, 4.69) is 10.3 Å². The summed E-state index contributed by atoms with van der Waals surface area (Å²) in [7, 11) is 0. The van der Waals surface area contributed by atoms with Gasteiger partial charge in [-0.05, 0) is 19.8 Å². The Morgan fingerprint density at radius 1 is 1.39 bits per heavy atom. The average molecular weight is 265 g/mol. The van der Waals surface area contributed by atoms with E-state index in [0.717, 1.165) is 29.4 Å². The molecule has 1 fully saturated rings. The number of carbonyl (C=O) groups excluding carboxylic acids is 2. The van der Waals surface area contributed by atoms with Gasteiger partial charge in [0.15, 0.2) is 10.9 Å². The molecule has 1 aliphatic carbocycles. The highest BCUT2D eigenvalue weighted by Crippen LogP contribution is 2.32. The van der Waals surface area contributed by atoms with E-state index in [9.17, 15) is 9.59 Å². The van der Waals surface area contributed by atoms with E-state index in [-0.39, 0.29) is 17.7 Å². The Morgan fingerprint density at radius 3 is 3.00 bits per heavy atom. The Kier molecular flexibility index (Phi) is 2.81. The van der Waals surface area contributed by atoms with Gasteiger partial charge in [-0.25, -0.2) is 4.98 Å². The topological polar surface area (TPSA) is 62.3 Å². The van der Waals surface area contributed by atoms with Gasteiger partial charge < -0.3 is 10.2 Å². The van der Waals surface area contributed by atoms with E-state index in [1.54, 1.807) is 11.3 Å². The van der Waals surface area contributed by atoms with Gasteiger partial charge in [0.2, 0.25) is 5.91 Å². The summed E-state index contributed by atoms with van der Waals surface area (Å²) in [6.07, 6.45) is 2.46. The molecule has 1 atom stereocenters. The molecule has 0 radical (unpaired) electrons. The van der Waals surface area contributed by atoms with Crippen LogP contribution in [-0.4, -0.2) is 35.8 Å². The molecule has 2 heterocycles. The van der Waals surface area contributed by atoms with E-state index in [1.807, 2.05) is 11.8 Å². The largest absolute Gasteiger partial charge is 0.353 e. The second kappa shape index (κ2) is 4.35. The zero-order valence-corrected chi connectivity index (χ0v) is 11.0. The zero-order valence-electron chi connectivity index (χ0n) is 10.2. The number of piperazine rings is 1. The lowest BCUT2D eigenvalue weighted by Gasteiger charge is -2.32. The van der Waals surface area contributed by atoms with Crippen LogP contribution in [0.5, 0.6) is 0 Å². The minimum atomic E-state index is -0.207. The number of Topliss-reactive ketones (excluding diaryl/α,β-unsaturated/α-hetero) is 1. The van der Waals surface area contributed by atoms with Crippen molar-refractivity contribution >= 4 is 28.2 Å². The first kappa shape index (κ1) is 11.6. The minimum absolute atomic E-state index is 0.0285. The van der Waals surface area contributed by atoms with Gasteiger partial charge in [0, 0.05) is 24.4 Å². The molecule has 0 saturated carbocycles. The second-order valence-electron chi connectivity index (χ2n) is 4.71. The third kappa shape index (κ3) is 1.80. The SMILES string of the molecule is CC1C(=O)NCCN1c1nc2c(s1)CCCC2=O. The Balaban J connectivity index is 1.93. The predicted molar refractivity (Wildman–Crippen MR) is 69.2 cm³/mol. The summed E-state index contributed by atoms with van der Waals surface area (Å²) >= 11 is 1.57. The van der Waals surface area contributed by atoms with Crippen molar-refractivity contribution in [2.24, 2.45) is 0 Å². The van der Waals surface area contributed by atoms with E-state index < -0.39 is 0 Å². The fourth-order valence-electron chi connectivity index (χ4n) is 2.42. The molecule has 1 saturated heterocycles. The third-order valence-electron chi connectivity index (χ3n) is 3.50. The number of hydrogen-bond donors (Lipinski definition) is 1. The number of carbonyl (C=O) groups is 2. The molecule has 1 aromatic heterocycles. The number of fused-ring (bicyclic) bond motifs is 1. The van der Waals surface area contributed by atoms with Crippen LogP contribution in [0.3, 0.4) is 0 Å². The van der Waals surface area contributed by atoms with Crippen LogP contribution >= 0.6 is 11.3 Å². The number of nitrogens with one attached hydrogen (secondary N) is 1. The maximum Gasteiger partial charge on any atom is 0.242 e. The summed E-state index contributed by atoms with van der Waals surface area (Å²) in [6.45, 7) is 3.27. The molecule has 96 valence electrons. The summed E-state index contributed by atoms with van der Waals surface area (Å²) < 4.78 is 0. The quantitative estimate of drug-likeness (QED) is 0.822. The fraction of sp³-hybridized carbons (Fsp3) is 0.583. The maximum atomic E-state index is 11.8. The molecule has 1 aromatic rings. The first-order chi connectivity index (χ1) is 8.66. The fourth-order valence-corrected chi connectivity index (χ4v) is 3.65. The molecule has 1 unspecified atom stereocenters. The normalized spacial score (nSPS) is 23.8. The molecule has 0 aromatic carbocycles. The van der Waals surface area contributed by atoms with Crippen molar-refractivity contribution in [1.29, 1.82) is 0 Å². The van der Waals surface area contributed by atoms with Crippen molar-refractivity contribution in [3.8, 4) is 0 Å². The summed E-state index contributed by atoms with van der Waals surface area (Å²) in [5.41, 5.74) is 0.638. The number of thiazole rings is 1. The number of hydrogen-bond acceptors (Lipinski definition) is 5. The van der Waals surface area contributed by atoms with Crippen LogP contribution < -0.4 is 10.2 Å². The summed E-state index contributed by atoms with van der Waals surface area (Å²) in [5.74, 6) is 0.175. The third-order valence-corrected chi connectivity index (χ3v) is 4.65. The smallest absolute Gasteiger partial charge is 0.242 e. The number of anilines is 1. The molecule has 6 heteroatoms. The molecule has 1 N–H and O–H groups in total. The van der Waals surface area contributed by atoms with E-state index in [1.165, 1.54) is 0 Å². The molecule has 2 aliphatic rings. The van der Waals surface area contributed by atoms with Crippen molar-refractivity contribution < 1.29 is 9.59 Å². The number of aryl methyl sites for hydroxylation is 1.